The van der Waals surface area contributed by atoms with E-state index in [1.165, 1.54) is 29.2 Å². The third kappa shape index (κ3) is 8.13. The van der Waals surface area contributed by atoms with E-state index in [9.17, 15) is 18.0 Å². The largest absolute Gasteiger partial charge is 0.350 e. The number of amides is 2. The molecule has 0 fully saturated rings. The number of sulfonamides is 1. The van der Waals surface area contributed by atoms with E-state index in [-0.39, 0.29) is 17.3 Å². The van der Waals surface area contributed by atoms with Gasteiger partial charge >= 0.3 is 0 Å². The predicted molar refractivity (Wildman–Crippen MR) is 162 cm³/mol. The third-order valence-corrected chi connectivity index (χ3v) is 8.75. The highest BCUT2D eigenvalue weighted by Crippen LogP contribution is 2.27. The molecule has 0 spiro atoms. The highest BCUT2D eigenvalue weighted by atomic mass is 35.5. The lowest BCUT2D eigenvalue weighted by Crippen LogP contribution is -2.54. The van der Waals surface area contributed by atoms with Gasteiger partial charge in [0.1, 0.15) is 12.6 Å². The molecule has 1 N–H and O–H groups in total. The molecule has 3 aromatic rings. The first-order valence-electron chi connectivity index (χ1n) is 12.5. The van der Waals surface area contributed by atoms with Crippen molar-refractivity contribution in [3.8, 4) is 0 Å². The number of anilines is 1. The second-order valence-electron chi connectivity index (χ2n) is 10.5. The second kappa shape index (κ2) is 12.8. The summed E-state index contributed by atoms with van der Waals surface area (Å²) in [5.74, 6) is -0.967. The van der Waals surface area contributed by atoms with Gasteiger partial charge in [0.05, 0.1) is 20.6 Å². The maximum Gasteiger partial charge on any atom is 0.264 e. The summed E-state index contributed by atoms with van der Waals surface area (Å²) in [6, 6.07) is 16.5. The number of benzene rings is 3. The molecule has 0 saturated carbocycles. The van der Waals surface area contributed by atoms with Gasteiger partial charge in [0, 0.05) is 17.1 Å². The molecule has 0 aromatic heterocycles. The van der Waals surface area contributed by atoms with E-state index in [1.807, 2.05) is 33.8 Å². The van der Waals surface area contributed by atoms with E-state index < -0.39 is 34.1 Å². The molecule has 3 rings (SSSR count). The van der Waals surface area contributed by atoms with Crippen LogP contribution in [0.5, 0.6) is 0 Å². The molecule has 214 valence electrons. The summed E-state index contributed by atoms with van der Waals surface area (Å²) in [6.45, 7) is 8.37. The van der Waals surface area contributed by atoms with Crippen LogP contribution in [0.15, 0.2) is 71.6 Å². The van der Waals surface area contributed by atoms with E-state index in [2.05, 4.69) is 5.32 Å². The summed E-state index contributed by atoms with van der Waals surface area (Å²) < 4.78 is 28.7. The molecule has 11 heteroatoms. The van der Waals surface area contributed by atoms with Crippen molar-refractivity contribution in [2.45, 2.75) is 57.6 Å². The van der Waals surface area contributed by atoms with E-state index >= 15 is 0 Å². The van der Waals surface area contributed by atoms with Gasteiger partial charge in [-0.25, -0.2) is 8.42 Å². The highest BCUT2D eigenvalue weighted by Gasteiger charge is 2.33. The average molecular weight is 625 g/mol. The van der Waals surface area contributed by atoms with Crippen molar-refractivity contribution in [2.24, 2.45) is 0 Å². The van der Waals surface area contributed by atoms with E-state index in [0.29, 0.717) is 26.3 Å². The highest BCUT2D eigenvalue weighted by molar-refractivity contribution is 7.92. The lowest BCUT2D eigenvalue weighted by Gasteiger charge is -2.33. The molecule has 0 unspecified atom stereocenters. The van der Waals surface area contributed by atoms with Gasteiger partial charge < -0.3 is 10.2 Å². The molecular weight excluding hydrogens is 593 g/mol. The van der Waals surface area contributed by atoms with Crippen LogP contribution in [0.25, 0.3) is 0 Å². The van der Waals surface area contributed by atoms with Crippen LogP contribution >= 0.6 is 34.8 Å². The van der Waals surface area contributed by atoms with Crippen molar-refractivity contribution in [3.63, 3.8) is 0 Å². The Morgan fingerprint density at radius 2 is 1.57 bits per heavy atom. The summed E-state index contributed by atoms with van der Waals surface area (Å²) >= 11 is 18.3. The second-order valence-corrected chi connectivity index (χ2v) is 13.6. The van der Waals surface area contributed by atoms with Crippen LogP contribution < -0.4 is 9.62 Å². The fourth-order valence-corrected chi connectivity index (χ4v) is 5.79. The minimum Gasteiger partial charge on any atom is -0.350 e. The fourth-order valence-electron chi connectivity index (χ4n) is 3.94. The molecular formula is C29H32Cl3N3O4S. The third-order valence-electron chi connectivity index (χ3n) is 5.97. The Balaban J connectivity index is 2.05. The molecule has 3 aromatic carbocycles. The minimum absolute atomic E-state index is 0.00288. The van der Waals surface area contributed by atoms with Crippen LogP contribution in [-0.2, 0) is 26.2 Å². The van der Waals surface area contributed by atoms with Gasteiger partial charge in [-0.2, -0.15) is 0 Å². The maximum atomic E-state index is 14.0. The molecule has 7 nitrogen and oxygen atoms in total. The van der Waals surface area contributed by atoms with Crippen LogP contribution in [0, 0.1) is 6.92 Å². The number of nitrogens with one attached hydrogen (secondary N) is 1. The quantitative estimate of drug-likeness (QED) is 0.295. The van der Waals surface area contributed by atoms with E-state index in [0.717, 1.165) is 9.87 Å². The molecule has 2 amide bonds. The van der Waals surface area contributed by atoms with Crippen LogP contribution in [0.4, 0.5) is 5.69 Å². The Labute approximate surface area is 251 Å². The Morgan fingerprint density at radius 3 is 2.15 bits per heavy atom. The SMILES string of the molecule is Cc1cccc(N(CC(=O)N(Cc2ccc(Cl)c(Cl)c2)[C@@H](C)C(=O)NC(C)(C)C)S(=O)(=O)c2ccc(Cl)cc2)c1. The fraction of sp³-hybridized carbons (Fsp3) is 0.310. The lowest BCUT2D eigenvalue weighted by atomic mass is 10.1. The number of hydrogen-bond donors (Lipinski definition) is 1. The molecule has 0 bridgehead atoms. The van der Waals surface area contributed by atoms with E-state index in [1.54, 1.807) is 43.3 Å². The molecule has 0 saturated heterocycles. The van der Waals surface area contributed by atoms with Crippen LogP contribution in [0.3, 0.4) is 0 Å². The standard InChI is InChI=1S/C29H32Cl3N3O4S/c1-19-7-6-8-23(15-19)35(40(38,39)24-12-10-22(30)11-13-24)18-27(36)34(20(2)28(37)33-29(3,4)5)17-21-9-14-25(31)26(32)16-21/h6-16,20H,17-18H2,1-5H3,(H,33,37)/t20-/m0/s1. The molecule has 40 heavy (non-hydrogen) atoms. The van der Waals surface area contributed by atoms with Gasteiger partial charge in [-0.1, -0.05) is 53.0 Å². The Bertz CT molecular complexity index is 1490. The van der Waals surface area contributed by atoms with Crippen molar-refractivity contribution in [3.05, 3.63) is 92.9 Å². The minimum atomic E-state index is -4.19. The number of nitrogens with zero attached hydrogens (tertiary/aromatic N) is 2. The first-order chi connectivity index (χ1) is 18.6. The van der Waals surface area contributed by atoms with Crippen molar-refractivity contribution in [1.82, 2.24) is 10.2 Å². The van der Waals surface area contributed by atoms with Crippen molar-refractivity contribution < 1.29 is 18.0 Å². The summed E-state index contributed by atoms with van der Waals surface area (Å²) in [7, 11) is -4.19. The van der Waals surface area contributed by atoms with Crippen LogP contribution in [-0.4, -0.2) is 43.3 Å². The number of halogens is 3. The zero-order valence-corrected chi connectivity index (χ0v) is 26.0. The predicted octanol–water partition coefficient (Wildman–Crippen LogP) is 6.48. The number of rotatable bonds is 9. The molecule has 0 aliphatic rings. The molecule has 0 radical (unpaired) electrons. The smallest absolute Gasteiger partial charge is 0.264 e. The summed E-state index contributed by atoms with van der Waals surface area (Å²) in [6.07, 6.45) is 0. The van der Waals surface area contributed by atoms with Gasteiger partial charge in [-0.05, 0) is 94.3 Å². The average Bonchev–Trinajstić information content (AvgIpc) is 2.86. The van der Waals surface area contributed by atoms with Crippen molar-refractivity contribution in [2.75, 3.05) is 10.8 Å². The number of hydrogen-bond acceptors (Lipinski definition) is 4. The summed E-state index contributed by atoms with van der Waals surface area (Å²) in [5, 5.41) is 3.91. The first-order valence-corrected chi connectivity index (χ1v) is 15.1. The van der Waals surface area contributed by atoms with Gasteiger partial charge in [-0.3, -0.25) is 13.9 Å². The van der Waals surface area contributed by atoms with Gasteiger partial charge in [0.15, 0.2) is 0 Å². The Hall–Kier alpha value is -2.78. The zero-order chi connectivity index (χ0) is 29.8. The van der Waals surface area contributed by atoms with Crippen molar-refractivity contribution >= 4 is 62.3 Å². The molecule has 0 heterocycles. The van der Waals surface area contributed by atoms with Gasteiger partial charge in [-0.15, -0.1) is 0 Å². The molecule has 1 atom stereocenters. The summed E-state index contributed by atoms with van der Waals surface area (Å²) in [4.78, 5) is 28.4. The van der Waals surface area contributed by atoms with Crippen LogP contribution in [0.2, 0.25) is 15.1 Å². The van der Waals surface area contributed by atoms with E-state index in [4.69, 9.17) is 34.8 Å². The van der Waals surface area contributed by atoms with Gasteiger partial charge in [0.2, 0.25) is 11.8 Å². The number of carbonyl (C=O) groups is 2. The Kier molecular flexibility index (Phi) is 10.2. The topological polar surface area (TPSA) is 86.8 Å². The number of carbonyl (C=O) groups excluding carboxylic acids is 2. The van der Waals surface area contributed by atoms with Crippen LogP contribution in [0.1, 0.15) is 38.8 Å². The maximum absolute atomic E-state index is 14.0. The van der Waals surface area contributed by atoms with Crippen molar-refractivity contribution in [1.29, 1.82) is 0 Å². The molecule has 0 aliphatic carbocycles. The monoisotopic (exact) mass is 623 g/mol. The first kappa shape index (κ1) is 31.7. The summed E-state index contributed by atoms with van der Waals surface area (Å²) in [5.41, 5.74) is 1.20. The Morgan fingerprint density at radius 1 is 0.925 bits per heavy atom. The number of aryl methyl sites for hydroxylation is 1. The van der Waals surface area contributed by atoms with Gasteiger partial charge in [0.25, 0.3) is 10.0 Å². The lowest BCUT2D eigenvalue weighted by molar-refractivity contribution is -0.140. The zero-order valence-electron chi connectivity index (χ0n) is 22.9. The molecule has 0 aliphatic heterocycles. The normalized spacial score (nSPS) is 12.5.